The highest BCUT2D eigenvalue weighted by molar-refractivity contribution is 7.14. The van der Waals surface area contributed by atoms with Crippen LogP contribution in [0.25, 0.3) is 0 Å². The van der Waals surface area contributed by atoms with Crippen molar-refractivity contribution in [2.24, 2.45) is 5.92 Å². The predicted octanol–water partition coefficient (Wildman–Crippen LogP) is 2.90. The van der Waals surface area contributed by atoms with Crippen LogP contribution >= 0.6 is 11.3 Å². The molecule has 1 aromatic rings. The summed E-state index contributed by atoms with van der Waals surface area (Å²) < 4.78 is 4.68. The van der Waals surface area contributed by atoms with Crippen molar-refractivity contribution in [1.82, 2.24) is 4.90 Å². The van der Waals surface area contributed by atoms with Gasteiger partial charge in [0.1, 0.15) is 6.54 Å². The summed E-state index contributed by atoms with van der Waals surface area (Å²) in [6, 6.07) is 1.99. The minimum Gasteiger partial charge on any atom is -0.468 e. The van der Waals surface area contributed by atoms with Crippen LogP contribution in [0.1, 0.15) is 47.3 Å². The number of nitrogens with zero attached hydrogens (tertiary/aromatic N) is 1. The molecular formula is C16H23NO3S. The third-order valence-corrected chi connectivity index (χ3v) is 5.18. The molecule has 0 bridgehead atoms. The second kappa shape index (κ2) is 6.60. The monoisotopic (exact) mass is 309 g/mol. The van der Waals surface area contributed by atoms with E-state index in [1.54, 1.807) is 16.2 Å². The normalized spacial score (nSPS) is 17.5. The zero-order chi connectivity index (χ0) is 15.6. The van der Waals surface area contributed by atoms with Crippen molar-refractivity contribution in [2.45, 2.75) is 46.1 Å². The van der Waals surface area contributed by atoms with Gasteiger partial charge in [0.15, 0.2) is 0 Å². The van der Waals surface area contributed by atoms with Crippen molar-refractivity contribution >= 4 is 23.2 Å². The van der Waals surface area contributed by atoms with Gasteiger partial charge >= 0.3 is 5.97 Å². The Balaban J connectivity index is 2.19. The van der Waals surface area contributed by atoms with Gasteiger partial charge in [-0.05, 0) is 50.7 Å². The second-order valence-electron chi connectivity index (χ2n) is 6.01. The van der Waals surface area contributed by atoms with E-state index in [0.29, 0.717) is 5.92 Å². The van der Waals surface area contributed by atoms with Crippen LogP contribution in [0, 0.1) is 5.92 Å². The highest BCUT2D eigenvalue weighted by Crippen LogP contribution is 2.32. The first-order valence-electron chi connectivity index (χ1n) is 7.41. The van der Waals surface area contributed by atoms with Crippen molar-refractivity contribution < 1.29 is 14.3 Å². The number of hydrogen-bond acceptors (Lipinski definition) is 4. The average Bonchev–Trinajstić information content (AvgIpc) is 2.86. The van der Waals surface area contributed by atoms with Gasteiger partial charge < -0.3 is 9.64 Å². The molecule has 0 aromatic carbocycles. The first-order valence-corrected chi connectivity index (χ1v) is 8.23. The maximum atomic E-state index is 12.7. The maximum absolute atomic E-state index is 12.7. The Morgan fingerprint density at radius 1 is 1.48 bits per heavy atom. The van der Waals surface area contributed by atoms with Gasteiger partial charge in [-0.1, -0.05) is 6.92 Å². The summed E-state index contributed by atoms with van der Waals surface area (Å²) in [4.78, 5) is 27.8. The van der Waals surface area contributed by atoms with Crippen LogP contribution in [-0.2, 0) is 22.4 Å². The first kappa shape index (κ1) is 16.0. The van der Waals surface area contributed by atoms with Crippen LogP contribution in [0.15, 0.2) is 6.07 Å². The van der Waals surface area contributed by atoms with Crippen LogP contribution in [0.2, 0.25) is 0 Å². The summed E-state index contributed by atoms with van der Waals surface area (Å²) in [5.41, 5.74) is 1.31. The lowest BCUT2D eigenvalue weighted by Crippen LogP contribution is -2.40. The van der Waals surface area contributed by atoms with Crippen molar-refractivity contribution in [2.75, 3.05) is 13.7 Å². The molecule has 1 unspecified atom stereocenters. The molecule has 1 atom stereocenters. The number of aryl methyl sites for hydroxylation is 1. The topological polar surface area (TPSA) is 46.6 Å². The van der Waals surface area contributed by atoms with Crippen LogP contribution in [0.3, 0.4) is 0 Å². The van der Waals surface area contributed by atoms with Crippen molar-refractivity contribution in [3.63, 3.8) is 0 Å². The van der Waals surface area contributed by atoms with Crippen molar-refractivity contribution in [3.8, 4) is 0 Å². The largest absolute Gasteiger partial charge is 0.468 e. The van der Waals surface area contributed by atoms with E-state index in [2.05, 4.69) is 11.7 Å². The van der Waals surface area contributed by atoms with Crippen LogP contribution in [0.5, 0.6) is 0 Å². The molecular weight excluding hydrogens is 286 g/mol. The third kappa shape index (κ3) is 3.64. The van der Waals surface area contributed by atoms with E-state index in [1.807, 2.05) is 19.9 Å². The first-order chi connectivity index (χ1) is 9.92. The molecule has 0 saturated carbocycles. The standard InChI is InChI=1S/C16H23NO3S/c1-10(2)17(9-15(18)20-4)16(19)14-8-12-7-11(3)5-6-13(12)21-14/h8,10-11H,5-7,9H2,1-4H3. The number of thiophene rings is 1. The molecule has 2 rings (SSSR count). The van der Waals surface area contributed by atoms with Gasteiger partial charge in [0, 0.05) is 10.9 Å². The number of methoxy groups -OCH3 is 1. The van der Waals surface area contributed by atoms with Crippen molar-refractivity contribution in [3.05, 3.63) is 21.4 Å². The van der Waals surface area contributed by atoms with Gasteiger partial charge in [-0.25, -0.2) is 0 Å². The van der Waals surface area contributed by atoms with Crippen LogP contribution < -0.4 is 0 Å². The number of hydrogen-bond donors (Lipinski definition) is 0. The quantitative estimate of drug-likeness (QED) is 0.803. The molecule has 21 heavy (non-hydrogen) atoms. The molecule has 0 spiro atoms. The lowest BCUT2D eigenvalue weighted by molar-refractivity contribution is -0.141. The fourth-order valence-corrected chi connectivity index (χ4v) is 3.81. The Kier molecular flexibility index (Phi) is 5.04. The number of ether oxygens (including phenoxy) is 1. The molecule has 1 aliphatic carbocycles. The predicted molar refractivity (Wildman–Crippen MR) is 83.7 cm³/mol. The van der Waals surface area contributed by atoms with E-state index in [1.165, 1.54) is 24.0 Å². The fourth-order valence-electron chi connectivity index (χ4n) is 2.65. The van der Waals surface area contributed by atoms with Gasteiger partial charge in [-0.15, -0.1) is 11.3 Å². The Morgan fingerprint density at radius 2 is 2.19 bits per heavy atom. The van der Waals surface area contributed by atoms with E-state index in [4.69, 9.17) is 0 Å². The Morgan fingerprint density at radius 3 is 2.81 bits per heavy atom. The minimum atomic E-state index is -0.382. The zero-order valence-corrected chi connectivity index (χ0v) is 14.0. The highest BCUT2D eigenvalue weighted by Gasteiger charge is 2.26. The number of fused-ring (bicyclic) bond motifs is 1. The molecule has 5 heteroatoms. The van der Waals surface area contributed by atoms with Gasteiger partial charge in [-0.2, -0.15) is 0 Å². The van der Waals surface area contributed by atoms with Crippen molar-refractivity contribution in [1.29, 1.82) is 0 Å². The van der Waals surface area contributed by atoms with E-state index in [-0.39, 0.29) is 24.5 Å². The molecule has 1 heterocycles. The Hall–Kier alpha value is -1.36. The van der Waals surface area contributed by atoms with Crippen LogP contribution in [0.4, 0.5) is 0 Å². The SMILES string of the molecule is COC(=O)CN(C(=O)c1cc2c(s1)CCC(C)C2)C(C)C. The minimum absolute atomic E-state index is 0.00592. The molecule has 0 aliphatic heterocycles. The average molecular weight is 309 g/mol. The number of carbonyl (C=O) groups excluding carboxylic acids is 2. The molecule has 1 amide bonds. The molecule has 0 fully saturated rings. The molecule has 0 N–H and O–H groups in total. The number of esters is 1. The van der Waals surface area contributed by atoms with E-state index in [9.17, 15) is 9.59 Å². The molecule has 116 valence electrons. The van der Waals surface area contributed by atoms with Gasteiger partial charge in [0.25, 0.3) is 5.91 Å². The molecule has 1 aliphatic rings. The number of carbonyl (C=O) groups is 2. The maximum Gasteiger partial charge on any atom is 0.325 e. The summed E-state index contributed by atoms with van der Waals surface area (Å²) in [5, 5.41) is 0. The highest BCUT2D eigenvalue weighted by atomic mass is 32.1. The molecule has 0 saturated heterocycles. The van der Waals surface area contributed by atoms with Crippen LogP contribution in [-0.4, -0.2) is 36.5 Å². The van der Waals surface area contributed by atoms with E-state index < -0.39 is 0 Å². The third-order valence-electron chi connectivity index (χ3n) is 3.95. The van der Waals surface area contributed by atoms with E-state index in [0.717, 1.165) is 17.7 Å². The molecule has 1 aromatic heterocycles. The molecule has 0 radical (unpaired) electrons. The number of rotatable bonds is 4. The van der Waals surface area contributed by atoms with Gasteiger partial charge in [-0.3, -0.25) is 9.59 Å². The summed E-state index contributed by atoms with van der Waals surface area (Å²) in [5.74, 6) is 0.237. The Bertz CT molecular complexity index is 536. The fraction of sp³-hybridized carbons (Fsp3) is 0.625. The summed E-state index contributed by atoms with van der Waals surface area (Å²) in [6.07, 6.45) is 3.31. The summed E-state index contributed by atoms with van der Waals surface area (Å²) in [6.45, 7) is 6.08. The lowest BCUT2D eigenvalue weighted by atomic mass is 9.90. The lowest BCUT2D eigenvalue weighted by Gasteiger charge is -2.24. The Labute approximate surface area is 130 Å². The second-order valence-corrected chi connectivity index (χ2v) is 7.15. The number of amides is 1. The zero-order valence-electron chi connectivity index (χ0n) is 13.1. The smallest absolute Gasteiger partial charge is 0.325 e. The van der Waals surface area contributed by atoms with Gasteiger partial charge in [0.2, 0.25) is 0 Å². The van der Waals surface area contributed by atoms with E-state index >= 15 is 0 Å². The van der Waals surface area contributed by atoms with Gasteiger partial charge in [0.05, 0.1) is 12.0 Å². The summed E-state index contributed by atoms with van der Waals surface area (Å²) >= 11 is 1.58. The molecule has 4 nitrogen and oxygen atoms in total. The summed E-state index contributed by atoms with van der Waals surface area (Å²) in [7, 11) is 1.34.